The molecule has 23 heavy (non-hydrogen) atoms. The lowest BCUT2D eigenvalue weighted by molar-refractivity contribution is 0.167. The summed E-state index contributed by atoms with van der Waals surface area (Å²) in [5.74, 6) is 0.815. The molecule has 7 nitrogen and oxygen atoms in total. The summed E-state index contributed by atoms with van der Waals surface area (Å²) < 4.78 is 7.01. The Kier molecular flexibility index (Phi) is 4.75. The average Bonchev–Trinajstić information content (AvgIpc) is 3.15. The van der Waals surface area contributed by atoms with E-state index in [4.69, 9.17) is 4.74 Å². The van der Waals surface area contributed by atoms with E-state index < -0.39 is 0 Å². The summed E-state index contributed by atoms with van der Waals surface area (Å²) in [5, 5.41) is 10.8. The van der Waals surface area contributed by atoms with Crippen LogP contribution in [-0.4, -0.2) is 46.1 Å². The highest BCUT2D eigenvalue weighted by atomic mass is 16.5. The molecule has 122 valence electrons. The van der Waals surface area contributed by atoms with Crippen LogP contribution in [0.15, 0.2) is 36.7 Å². The van der Waals surface area contributed by atoms with Gasteiger partial charge in [-0.3, -0.25) is 0 Å². The molecule has 0 atom stereocenters. The van der Waals surface area contributed by atoms with Gasteiger partial charge in [0.2, 0.25) is 0 Å². The zero-order valence-corrected chi connectivity index (χ0v) is 13.2. The molecule has 3 rings (SSSR count). The van der Waals surface area contributed by atoms with E-state index in [0.717, 1.165) is 37.2 Å². The Morgan fingerprint density at radius 3 is 2.65 bits per heavy atom. The van der Waals surface area contributed by atoms with Gasteiger partial charge < -0.3 is 15.0 Å². The first kappa shape index (κ1) is 15.3. The van der Waals surface area contributed by atoms with Gasteiger partial charge in [-0.1, -0.05) is 17.3 Å². The number of hydrogen-bond acceptors (Lipinski definition) is 4. The fraction of sp³-hybridized carbons (Fsp3) is 0.438. The highest BCUT2D eigenvalue weighted by Crippen LogP contribution is 2.21. The molecule has 1 fully saturated rings. The van der Waals surface area contributed by atoms with Crippen molar-refractivity contribution in [2.24, 2.45) is 0 Å². The third kappa shape index (κ3) is 3.80. The first-order valence-corrected chi connectivity index (χ1v) is 7.78. The van der Waals surface area contributed by atoms with E-state index in [1.807, 2.05) is 40.0 Å². The van der Waals surface area contributed by atoms with E-state index in [1.165, 1.54) is 0 Å². The largest absolute Gasteiger partial charge is 0.497 e. The van der Waals surface area contributed by atoms with Crippen LogP contribution in [0.3, 0.4) is 0 Å². The normalized spacial score (nSPS) is 15.4. The van der Waals surface area contributed by atoms with Crippen LogP contribution in [0.5, 0.6) is 5.75 Å². The van der Waals surface area contributed by atoms with Crippen molar-refractivity contribution in [1.29, 1.82) is 0 Å². The van der Waals surface area contributed by atoms with Gasteiger partial charge in [0.25, 0.3) is 0 Å². The first-order valence-electron chi connectivity index (χ1n) is 7.78. The number of nitrogens with one attached hydrogen (secondary N) is 1. The second kappa shape index (κ2) is 7.13. The van der Waals surface area contributed by atoms with Crippen molar-refractivity contribution in [2.75, 3.05) is 20.2 Å². The number of ether oxygens (including phenoxy) is 1. The lowest BCUT2D eigenvalue weighted by atomic mass is 10.1. The molecule has 2 heterocycles. The number of rotatable bonds is 4. The fourth-order valence-electron chi connectivity index (χ4n) is 2.78. The maximum Gasteiger partial charge on any atom is 0.317 e. The highest BCUT2D eigenvalue weighted by molar-refractivity contribution is 5.74. The van der Waals surface area contributed by atoms with Crippen molar-refractivity contribution >= 4 is 6.03 Å². The van der Waals surface area contributed by atoms with Gasteiger partial charge in [0.1, 0.15) is 5.75 Å². The highest BCUT2D eigenvalue weighted by Gasteiger charge is 2.23. The number of benzene rings is 1. The van der Waals surface area contributed by atoms with Gasteiger partial charge in [-0.2, -0.15) is 0 Å². The van der Waals surface area contributed by atoms with E-state index in [-0.39, 0.29) is 6.03 Å². The maximum absolute atomic E-state index is 12.2. The van der Waals surface area contributed by atoms with Gasteiger partial charge in [-0.15, -0.1) is 5.10 Å². The molecule has 0 unspecified atom stereocenters. The van der Waals surface area contributed by atoms with Crippen LogP contribution in [-0.2, 0) is 6.54 Å². The van der Waals surface area contributed by atoms with Crippen molar-refractivity contribution in [3.63, 3.8) is 0 Å². The van der Waals surface area contributed by atoms with Gasteiger partial charge in [0.15, 0.2) is 0 Å². The summed E-state index contributed by atoms with van der Waals surface area (Å²) in [6.45, 7) is 1.99. The molecule has 0 aliphatic carbocycles. The predicted molar refractivity (Wildman–Crippen MR) is 85.1 cm³/mol. The summed E-state index contributed by atoms with van der Waals surface area (Å²) in [4.78, 5) is 14.1. The van der Waals surface area contributed by atoms with Crippen molar-refractivity contribution in [1.82, 2.24) is 25.2 Å². The van der Waals surface area contributed by atoms with E-state index >= 15 is 0 Å². The lowest BCUT2D eigenvalue weighted by Crippen LogP contribution is -2.44. The molecule has 1 saturated heterocycles. The second-order valence-electron chi connectivity index (χ2n) is 5.61. The molecule has 2 aromatic rings. The Bertz CT molecular complexity index is 618. The minimum Gasteiger partial charge on any atom is -0.497 e. The van der Waals surface area contributed by atoms with Crippen LogP contribution < -0.4 is 10.1 Å². The molecule has 0 bridgehead atoms. The van der Waals surface area contributed by atoms with Crippen LogP contribution >= 0.6 is 0 Å². The van der Waals surface area contributed by atoms with E-state index in [2.05, 4.69) is 15.6 Å². The number of aromatic nitrogens is 3. The topological polar surface area (TPSA) is 72.3 Å². The van der Waals surface area contributed by atoms with Crippen molar-refractivity contribution in [3.05, 3.63) is 42.2 Å². The van der Waals surface area contributed by atoms with Gasteiger partial charge in [0.05, 0.1) is 19.3 Å². The number of nitrogens with zero attached hydrogens (tertiary/aromatic N) is 4. The van der Waals surface area contributed by atoms with Crippen LogP contribution in [0.2, 0.25) is 0 Å². The predicted octanol–water partition coefficient (Wildman–Crippen LogP) is 1.83. The number of carbonyl (C=O) groups excluding carboxylic acids is 1. The van der Waals surface area contributed by atoms with Crippen molar-refractivity contribution in [3.8, 4) is 5.75 Å². The number of urea groups is 1. The number of piperidine rings is 1. The Hall–Kier alpha value is -2.57. The number of amides is 2. The smallest absolute Gasteiger partial charge is 0.317 e. The Morgan fingerprint density at radius 1 is 1.30 bits per heavy atom. The van der Waals surface area contributed by atoms with E-state index in [0.29, 0.717) is 12.6 Å². The van der Waals surface area contributed by atoms with Crippen LogP contribution in [0.4, 0.5) is 4.79 Å². The molecule has 1 aromatic heterocycles. The minimum absolute atomic E-state index is 0.0159. The van der Waals surface area contributed by atoms with Crippen LogP contribution in [0.25, 0.3) is 0 Å². The van der Waals surface area contributed by atoms with Crippen LogP contribution in [0.1, 0.15) is 24.4 Å². The Labute approximate surface area is 135 Å². The molecule has 1 N–H and O–H groups in total. The van der Waals surface area contributed by atoms with Gasteiger partial charge in [0, 0.05) is 25.8 Å². The van der Waals surface area contributed by atoms with Gasteiger partial charge >= 0.3 is 6.03 Å². The third-order valence-electron chi connectivity index (χ3n) is 4.17. The molecular formula is C16H21N5O2. The number of hydrogen-bond donors (Lipinski definition) is 1. The second-order valence-corrected chi connectivity index (χ2v) is 5.61. The SMILES string of the molecule is COc1ccc(CNC(=O)N2CCC(n3ccnn3)CC2)cc1. The number of carbonyl (C=O) groups is 1. The third-order valence-corrected chi connectivity index (χ3v) is 4.17. The lowest BCUT2D eigenvalue weighted by Gasteiger charge is -2.31. The maximum atomic E-state index is 12.2. The summed E-state index contributed by atoms with van der Waals surface area (Å²) >= 11 is 0. The number of likely N-dealkylation sites (tertiary alicyclic amines) is 1. The molecule has 0 spiro atoms. The van der Waals surface area contributed by atoms with E-state index in [1.54, 1.807) is 13.3 Å². The Morgan fingerprint density at radius 2 is 2.04 bits per heavy atom. The minimum atomic E-state index is -0.0159. The zero-order valence-electron chi connectivity index (χ0n) is 13.2. The van der Waals surface area contributed by atoms with Gasteiger partial charge in [-0.05, 0) is 30.5 Å². The molecule has 1 aliphatic rings. The number of methoxy groups -OCH3 is 1. The molecule has 0 saturated carbocycles. The molecule has 1 aliphatic heterocycles. The first-order chi connectivity index (χ1) is 11.3. The average molecular weight is 315 g/mol. The molecule has 7 heteroatoms. The molecule has 2 amide bonds. The zero-order chi connectivity index (χ0) is 16.1. The quantitative estimate of drug-likeness (QED) is 0.934. The summed E-state index contributed by atoms with van der Waals surface area (Å²) in [5.41, 5.74) is 1.05. The van der Waals surface area contributed by atoms with E-state index in [9.17, 15) is 4.79 Å². The molecule has 1 aromatic carbocycles. The summed E-state index contributed by atoms with van der Waals surface area (Å²) in [7, 11) is 1.64. The van der Waals surface area contributed by atoms with Crippen LogP contribution in [0, 0.1) is 0 Å². The standard InChI is InChI=1S/C16H21N5O2/c1-23-15-4-2-13(3-5-15)12-17-16(22)20-9-6-14(7-10-20)21-11-8-18-19-21/h2-5,8,11,14H,6-7,9-10,12H2,1H3,(H,17,22). The molecule has 0 radical (unpaired) electrons. The summed E-state index contributed by atoms with van der Waals surface area (Å²) in [6, 6.07) is 8.02. The fourth-order valence-corrected chi connectivity index (χ4v) is 2.78. The Balaban J connectivity index is 1.45. The van der Waals surface area contributed by atoms with Gasteiger partial charge in [-0.25, -0.2) is 9.48 Å². The molecular weight excluding hydrogens is 294 g/mol. The monoisotopic (exact) mass is 315 g/mol. The summed E-state index contributed by atoms with van der Waals surface area (Å²) in [6.07, 6.45) is 5.37. The van der Waals surface area contributed by atoms with Crippen molar-refractivity contribution < 1.29 is 9.53 Å². The van der Waals surface area contributed by atoms with Crippen molar-refractivity contribution in [2.45, 2.75) is 25.4 Å².